The third-order valence-corrected chi connectivity index (χ3v) is 10.9. The first-order chi connectivity index (χ1) is 19.5. The molecule has 43 heavy (non-hydrogen) atoms. The lowest BCUT2D eigenvalue weighted by molar-refractivity contribution is -0.0312. The third kappa shape index (κ3) is 7.59. The average molecular weight is 678 g/mol. The number of rotatable bonds is 10. The highest BCUT2D eigenvalue weighted by Crippen LogP contribution is 2.37. The molecule has 2 aromatic heterocycles. The van der Waals surface area contributed by atoms with E-state index < -0.39 is 31.8 Å². The minimum absolute atomic E-state index is 0. The molecule has 13 nitrogen and oxygen atoms in total. The first-order valence-corrected chi connectivity index (χ1v) is 16.1. The van der Waals surface area contributed by atoms with E-state index in [1.165, 1.54) is 41.9 Å². The van der Waals surface area contributed by atoms with E-state index in [1.54, 1.807) is 12.1 Å². The highest BCUT2D eigenvalue weighted by atomic mass is 35.5. The van der Waals surface area contributed by atoms with Crippen LogP contribution in [0.5, 0.6) is 5.75 Å². The maximum absolute atomic E-state index is 13.3. The molecule has 5 rings (SSSR count). The zero-order valence-electron chi connectivity index (χ0n) is 23.2. The van der Waals surface area contributed by atoms with Gasteiger partial charge in [-0.3, -0.25) is 0 Å². The number of H-pyrrole nitrogens is 1. The molecule has 0 aliphatic carbocycles. The highest BCUT2D eigenvalue weighted by molar-refractivity contribution is 7.89. The van der Waals surface area contributed by atoms with Gasteiger partial charge in [-0.25, -0.2) is 26.5 Å². The number of sulfonamides is 2. The van der Waals surface area contributed by atoms with Crippen molar-refractivity contribution in [3.8, 4) is 11.8 Å². The summed E-state index contributed by atoms with van der Waals surface area (Å²) in [7, 11) is -6.06. The number of nitrogens with one attached hydrogen (secondary N) is 3. The topological polar surface area (TPSA) is 187 Å². The van der Waals surface area contributed by atoms with Crippen LogP contribution in [0.15, 0.2) is 52.5 Å². The molecule has 0 amide bonds. The van der Waals surface area contributed by atoms with E-state index >= 15 is 0 Å². The molecular formula is C26H34Cl2N6O7S2. The lowest BCUT2D eigenvalue weighted by Crippen LogP contribution is -2.47. The van der Waals surface area contributed by atoms with Crippen LogP contribution in [0.1, 0.15) is 24.8 Å². The number of benzene rings is 1. The Balaban J connectivity index is 0.00000253. The van der Waals surface area contributed by atoms with Gasteiger partial charge in [0.25, 0.3) is 0 Å². The van der Waals surface area contributed by atoms with Crippen LogP contribution in [0.4, 0.5) is 0 Å². The van der Waals surface area contributed by atoms with E-state index in [-0.39, 0.29) is 53.8 Å². The number of aliphatic hydroxyl groups is 1. The molecule has 0 radical (unpaired) electrons. The van der Waals surface area contributed by atoms with Gasteiger partial charge in [0.2, 0.25) is 20.0 Å². The van der Waals surface area contributed by atoms with Crippen molar-refractivity contribution in [3.63, 3.8) is 0 Å². The molecule has 2 fully saturated rings. The molecule has 0 saturated carbocycles. The number of nitriles is 1. The van der Waals surface area contributed by atoms with Crippen LogP contribution in [0.2, 0.25) is 0 Å². The van der Waals surface area contributed by atoms with E-state index in [1.807, 2.05) is 6.07 Å². The van der Waals surface area contributed by atoms with Crippen LogP contribution in [-0.2, 0) is 24.8 Å². The van der Waals surface area contributed by atoms with Gasteiger partial charge < -0.3 is 24.9 Å². The molecule has 2 atom stereocenters. The molecule has 236 valence electrons. The number of hydrogen-bond acceptors (Lipinski definition) is 10. The minimum atomic E-state index is -3.79. The Hall–Kier alpha value is -2.52. The summed E-state index contributed by atoms with van der Waals surface area (Å²) in [6, 6.07) is 9.55. The van der Waals surface area contributed by atoms with Crippen LogP contribution < -0.4 is 14.8 Å². The lowest BCUT2D eigenvalue weighted by Gasteiger charge is -2.38. The zero-order chi connectivity index (χ0) is 29.3. The summed E-state index contributed by atoms with van der Waals surface area (Å²) in [6.07, 6.45) is 3.72. The number of nitrogens with zero attached hydrogens (tertiary/aromatic N) is 3. The summed E-state index contributed by atoms with van der Waals surface area (Å²) in [5, 5.41) is 23.4. The fraction of sp³-hybridized carbons (Fsp3) is 0.462. The fourth-order valence-electron chi connectivity index (χ4n) is 5.23. The van der Waals surface area contributed by atoms with Gasteiger partial charge in [-0.15, -0.1) is 24.8 Å². The number of aliphatic hydroxyl groups excluding tert-OH is 1. The van der Waals surface area contributed by atoms with Gasteiger partial charge in [0.05, 0.1) is 22.7 Å². The maximum Gasteiger partial charge on any atom is 0.244 e. The summed E-state index contributed by atoms with van der Waals surface area (Å²) in [5.74, 6) is 0.333. The van der Waals surface area contributed by atoms with Gasteiger partial charge in [-0.2, -0.15) is 9.57 Å². The van der Waals surface area contributed by atoms with Crippen molar-refractivity contribution in [2.24, 2.45) is 0 Å². The van der Waals surface area contributed by atoms with Crippen molar-refractivity contribution in [1.29, 1.82) is 5.26 Å². The fourth-order valence-corrected chi connectivity index (χ4v) is 7.41. The van der Waals surface area contributed by atoms with E-state index in [0.717, 1.165) is 0 Å². The number of aromatic nitrogens is 2. The van der Waals surface area contributed by atoms with Crippen molar-refractivity contribution in [3.05, 3.63) is 48.3 Å². The zero-order valence-corrected chi connectivity index (χ0v) is 26.5. The number of ether oxygens (including phenoxy) is 2. The first-order valence-electron chi connectivity index (χ1n) is 13.1. The van der Waals surface area contributed by atoms with Crippen LogP contribution in [0.25, 0.3) is 11.0 Å². The lowest BCUT2D eigenvalue weighted by atomic mass is 9.88. The molecule has 4 N–H and O–H groups in total. The number of pyridine rings is 1. The monoisotopic (exact) mass is 676 g/mol. The molecule has 2 aliphatic heterocycles. The second-order valence-corrected chi connectivity index (χ2v) is 14.1. The van der Waals surface area contributed by atoms with E-state index in [0.29, 0.717) is 61.3 Å². The summed E-state index contributed by atoms with van der Waals surface area (Å²) in [5.41, 5.74) is 0.356. The molecule has 1 spiro atoms. The highest BCUT2D eigenvalue weighted by Gasteiger charge is 2.44. The molecule has 3 aromatic rings. The Morgan fingerprint density at radius 1 is 1.23 bits per heavy atom. The Morgan fingerprint density at radius 3 is 2.67 bits per heavy atom. The first kappa shape index (κ1) is 35.0. The second-order valence-electron chi connectivity index (χ2n) is 10.2. The van der Waals surface area contributed by atoms with Crippen molar-refractivity contribution < 1.29 is 31.4 Å². The normalized spacial score (nSPS) is 19.3. The van der Waals surface area contributed by atoms with Crippen molar-refractivity contribution in [2.75, 3.05) is 39.9 Å². The third-order valence-electron chi connectivity index (χ3n) is 7.58. The Morgan fingerprint density at radius 2 is 1.98 bits per heavy atom. The van der Waals surface area contributed by atoms with Crippen LogP contribution in [0.3, 0.4) is 0 Å². The summed E-state index contributed by atoms with van der Waals surface area (Å²) < 4.78 is 66.0. The molecule has 2 saturated heterocycles. The van der Waals surface area contributed by atoms with Gasteiger partial charge in [0, 0.05) is 49.5 Å². The van der Waals surface area contributed by atoms with Gasteiger partial charge in [0.1, 0.15) is 35.1 Å². The predicted octanol–water partition coefficient (Wildman–Crippen LogP) is 1.53. The SMILES string of the molecule is CNS(=O)(=O)c1cccc(OCC(O)CNC2COC3(CCN(S(=O)(=O)c4cnc5[nH]cc(C#N)c5c4)CC3)C2)c1.Cl.Cl. The predicted molar refractivity (Wildman–Crippen MR) is 163 cm³/mol. The van der Waals surface area contributed by atoms with Gasteiger partial charge in [-0.1, -0.05) is 6.07 Å². The van der Waals surface area contributed by atoms with Gasteiger partial charge >= 0.3 is 0 Å². The summed E-state index contributed by atoms with van der Waals surface area (Å²) in [4.78, 5) is 7.16. The number of fused-ring (bicyclic) bond motifs is 1. The number of hydrogen-bond donors (Lipinski definition) is 4. The Bertz CT molecular complexity index is 1670. The Kier molecular flexibility index (Phi) is 11.4. The van der Waals surface area contributed by atoms with Crippen LogP contribution in [0, 0.1) is 11.3 Å². The van der Waals surface area contributed by atoms with Gasteiger partial charge in [0.15, 0.2) is 0 Å². The molecule has 17 heteroatoms. The smallest absolute Gasteiger partial charge is 0.244 e. The van der Waals surface area contributed by atoms with Crippen molar-refractivity contribution in [1.82, 2.24) is 24.3 Å². The van der Waals surface area contributed by atoms with E-state index in [4.69, 9.17) is 9.47 Å². The number of aromatic amines is 1. The summed E-state index contributed by atoms with van der Waals surface area (Å²) >= 11 is 0. The quantitative estimate of drug-likeness (QED) is 0.245. The average Bonchev–Trinajstić information content (AvgIpc) is 3.58. The van der Waals surface area contributed by atoms with E-state index in [2.05, 4.69) is 20.0 Å². The molecule has 0 bridgehead atoms. The molecule has 2 unspecified atom stereocenters. The summed E-state index contributed by atoms with van der Waals surface area (Å²) in [6.45, 7) is 1.25. The maximum atomic E-state index is 13.3. The molecule has 2 aliphatic rings. The van der Waals surface area contributed by atoms with Crippen LogP contribution in [-0.4, -0.2) is 93.9 Å². The molecule has 1 aromatic carbocycles. The molecular weight excluding hydrogens is 643 g/mol. The number of piperidine rings is 1. The van der Waals surface area contributed by atoms with Gasteiger partial charge in [-0.05, 0) is 44.5 Å². The van der Waals surface area contributed by atoms with Crippen molar-refractivity contribution in [2.45, 2.75) is 46.8 Å². The van der Waals surface area contributed by atoms with E-state index in [9.17, 15) is 27.2 Å². The molecule has 4 heterocycles. The number of halogens is 2. The minimum Gasteiger partial charge on any atom is -0.491 e. The van der Waals surface area contributed by atoms with Crippen molar-refractivity contribution >= 4 is 55.9 Å². The standard InChI is InChI=1S/C26H32N6O7S2.2ClH/c1-28-40(34,35)22-4-2-3-21(9-22)38-17-20(33)14-29-19-11-26(39-16-19)5-7-32(8-6-26)41(36,37)23-10-24-18(12-27)13-30-25(24)31-15-23;;/h2-4,9-10,13,15,19-20,28-29,33H,5-8,11,14,16-17H2,1H3,(H,30,31);2*1H. The second kappa shape index (κ2) is 14.1. The van der Waals surface area contributed by atoms with Crippen LogP contribution >= 0.6 is 24.8 Å². The Labute approximate surface area is 262 Å². The largest absolute Gasteiger partial charge is 0.491 e.